The highest BCUT2D eigenvalue weighted by molar-refractivity contribution is 8.00. The number of rotatable bonds is 1. The van der Waals surface area contributed by atoms with Crippen LogP contribution in [-0.2, 0) is 0 Å². The molecule has 0 nitrogen and oxygen atoms in total. The predicted molar refractivity (Wildman–Crippen MR) is 43.3 cm³/mol. The Morgan fingerprint density at radius 2 is 1.50 bits per heavy atom. The average molecular weight is 249 g/mol. The van der Waals surface area contributed by atoms with E-state index in [1.165, 1.54) is 0 Å². The van der Waals surface area contributed by atoms with Gasteiger partial charge in [-0.05, 0) is 23.9 Å². The SMILES string of the molecule is Fc1cc(Cl)cc(F)c1SC(F)(F)F. The lowest BCUT2D eigenvalue weighted by Gasteiger charge is -2.07. The van der Waals surface area contributed by atoms with Crippen molar-refractivity contribution in [1.82, 2.24) is 0 Å². The molecule has 0 atom stereocenters. The van der Waals surface area contributed by atoms with Crippen molar-refractivity contribution in [2.45, 2.75) is 10.4 Å². The molecule has 14 heavy (non-hydrogen) atoms. The van der Waals surface area contributed by atoms with Crippen molar-refractivity contribution < 1.29 is 22.0 Å². The van der Waals surface area contributed by atoms with Crippen LogP contribution in [0.15, 0.2) is 17.0 Å². The van der Waals surface area contributed by atoms with Gasteiger partial charge in [0.25, 0.3) is 0 Å². The number of hydrogen-bond donors (Lipinski definition) is 0. The van der Waals surface area contributed by atoms with Gasteiger partial charge < -0.3 is 0 Å². The first-order chi connectivity index (χ1) is 6.29. The van der Waals surface area contributed by atoms with Gasteiger partial charge in [0.1, 0.15) is 11.6 Å². The largest absolute Gasteiger partial charge is 0.446 e. The molecule has 0 spiro atoms. The zero-order chi connectivity index (χ0) is 10.9. The molecule has 78 valence electrons. The number of thioether (sulfide) groups is 1. The molecule has 1 aromatic rings. The molecule has 0 unspecified atom stereocenters. The van der Waals surface area contributed by atoms with Crippen molar-refractivity contribution >= 4 is 23.4 Å². The number of halogens is 6. The molecule has 0 radical (unpaired) electrons. The maximum Gasteiger partial charge on any atom is 0.446 e. The minimum absolute atomic E-state index is 0.286. The molecule has 7 heteroatoms. The Morgan fingerprint density at radius 3 is 1.86 bits per heavy atom. The fraction of sp³-hybridized carbons (Fsp3) is 0.143. The summed E-state index contributed by atoms with van der Waals surface area (Å²) in [5.41, 5.74) is -4.73. The van der Waals surface area contributed by atoms with Crippen molar-refractivity contribution in [2.75, 3.05) is 0 Å². The van der Waals surface area contributed by atoms with E-state index >= 15 is 0 Å². The summed E-state index contributed by atoms with van der Waals surface area (Å²) >= 11 is 4.38. The molecule has 0 heterocycles. The summed E-state index contributed by atoms with van der Waals surface area (Å²) in [6, 6.07) is 1.25. The lowest BCUT2D eigenvalue weighted by atomic mass is 10.3. The van der Waals surface area contributed by atoms with E-state index in [4.69, 9.17) is 11.6 Å². The molecular formula is C7H2ClF5S. The zero-order valence-electron chi connectivity index (χ0n) is 6.33. The van der Waals surface area contributed by atoms with E-state index in [9.17, 15) is 22.0 Å². The van der Waals surface area contributed by atoms with E-state index in [1.54, 1.807) is 0 Å². The van der Waals surface area contributed by atoms with Gasteiger partial charge in [0.2, 0.25) is 0 Å². The Labute approximate surface area is 85.1 Å². The van der Waals surface area contributed by atoms with Crippen LogP contribution in [0.2, 0.25) is 5.02 Å². The van der Waals surface area contributed by atoms with Gasteiger partial charge in [-0.25, -0.2) is 8.78 Å². The van der Waals surface area contributed by atoms with Gasteiger partial charge in [0.05, 0.1) is 4.90 Å². The van der Waals surface area contributed by atoms with Crippen molar-refractivity contribution in [1.29, 1.82) is 0 Å². The Bertz CT molecular complexity index is 325. The summed E-state index contributed by atoms with van der Waals surface area (Å²) in [5, 5.41) is -0.286. The highest BCUT2D eigenvalue weighted by Gasteiger charge is 2.32. The van der Waals surface area contributed by atoms with Crippen molar-refractivity contribution in [2.24, 2.45) is 0 Å². The minimum Gasteiger partial charge on any atom is -0.206 e. The zero-order valence-corrected chi connectivity index (χ0v) is 7.90. The fourth-order valence-corrected chi connectivity index (χ4v) is 1.48. The molecule has 0 fully saturated rings. The van der Waals surface area contributed by atoms with Crippen molar-refractivity contribution in [3.05, 3.63) is 28.8 Å². The van der Waals surface area contributed by atoms with Crippen LogP contribution in [-0.4, -0.2) is 5.51 Å². The molecule has 0 saturated carbocycles. The van der Waals surface area contributed by atoms with Gasteiger partial charge in [-0.2, -0.15) is 13.2 Å². The second-order valence-electron chi connectivity index (χ2n) is 2.25. The standard InChI is InChI=1S/C7H2ClF5S/c8-3-1-4(9)6(5(10)2-3)14-7(11,12)13/h1-2H. The summed E-state index contributed by atoms with van der Waals surface area (Å²) in [4.78, 5) is -1.10. The van der Waals surface area contributed by atoms with E-state index in [2.05, 4.69) is 0 Å². The first-order valence-electron chi connectivity index (χ1n) is 3.20. The maximum atomic E-state index is 12.8. The third kappa shape index (κ3) is 3.02. The van der Waals surface area contributed by atoms with Crippen LogP contribution in [0.3, 0.4) is 0 Å². The second-order valence-corrected chi connectivity index (χ2v) is 3.76. The van der Waals surface area contributed by atoms with E-state index in [1.807, 2.05) is 0 Å². The molecular weight excluding hydrogens is 247 g/mol. The van der Waals surface area contributed by atoms with E-state index in [0.717, 1.165) is 0 Å². The predicted octanol–water partition coefficient (Wildman–Crippen LogP) is 4.23. The first-order valence-corrected chi connectivity index (χ1v) is 4.39. The number of alkyl halides is 3. The molecule has 0 aliphatic heterocycles. The molecule has 0 saturated heterocycles. The Hall–Kier alpha value is -0.490. The Balaban J connectivity index is 3.09. The average Bonchev–Trinajstić information content (AvgIpc) is 1.95. The quantitative estimate of drug-likeness (QED) is 0.529. The highest BCUT2D eigenvalue weighted by Crippen LogP contribution is 2.40. The smallest absolute Gasteiger partial charge is 0.206 e. The van der Waals surface area contributed by atoms with Gasteiger partial charge in [-0.3, -0.25) is 0 Å². The molecule has 0 aliphatic carbocycles. The summed E-state index contributed by atoms with van der Waals surface area (Å²) in [6.45, 7) is 0. The van der Waals surface area contributed by atoms with Crippen LogP contribution >= 0.6 is 23.4 Å². The molecule has 1 rings (SSSR count). The third-order valence-corrected chi connectivity index (χ3v) is 2.22. The molecule has 0 aliphatic rings. The summed E-state index contributed by atoms with van der Waals surface area (Å²) in [5.74, 6) is -2.64. The first kappa shape index (κ1) is 11.6. The summed E-state index contributed by atoms with van der Waals surface area (Å²) in [7, 11) is 0. The molecule has 0 amide bonds. The Kier molecular flexibility index (Phi) is 3.26. The van der Waals surface area contributed by atoms with E-state index < -0.39 is 33.8 Å². The van der Waals surface area contributed by atoms with E-state index in [0.29, 0.717) is 12.1 Å². The van der Waals surface area contributed by atoms with Crippen LogP contribution in [0, 0.1) is 11.6 Å². The van der Waals surface area contributed by atoms with Gasteiger partial charge in [-0.1, -0.05) is 11.6 Å². The maximum absolute atomic E-state index is 12.8. The van der Waals surface area contributed by atoms with Gasteiger partial charge in [0, 0.05) is 5.02 Å². The lowest BCUT2D eigenvalue weighted by molar-refractivity contribution is -0.0330. The second kappa shape index (κ2) is 3.94. The van der Waals surface area contributed by atoms with Crippen LogP contribution in [0.25, 0.3) is 0 Å². The molecule has 0 N–H and O–H groups in total. The Morgan fingerprint density at radius 1 is 1.07 bits per heavy atom. The topological polar surface area (TPSA) is 0 Å². The number of benzene rings is 1. The van der Waals surface area contributed by atoms with Gasteiger partial charge in [0.15, 0.2) is 0 Å². The van der Waals surface area contributed by atoms with Crippen LogP contribution in [0.4, 0.5) is 22.0 Å². The van der Waals surface area contributed by atoms with Crippen LogP contribution < -0.4 is 0 Å². The minimum atomic E-state index is -4.73. The lowest BCUT2D eigenvalue weighted by Crippen LogP contribution is -2.02. The fourth-order valence-electron chi connectivity index (χ4n) is 0.742. The van der Waals surface area contributed by atoms with E-state index in [-0.39, 0.29) is 5.02 Å². The van der Waals surface area contributed by atoms with Gasteiger partial charge in [-0.15, -0.1) is 0 Å². The van der Waals surface area contributed by atoms with Crippen LogP contribution in [0.5, 0.6) is 0 Å². The van der Waals surface area contributed by atoms with Crippen molar-refractivity contribution in [3.8, 4) is 0 Å². The monoisotopic (exact) mass is 248 g/mol. The van der Waals surface area contributed by atoms with Crippen molar-refractivity contribution in [3.63, 3.8) is 0 Å². The third-order valence-electron chi connectivity index (χ3n) is 1.18. The molecule has 0 aromatic heterocycles. The summed E-state index contributed by atoms with van der Waals surface area (Å²) in [6.07, 6.45) is 0. The number of hydrogen-bond acceptors (Lipinski definition) is 1. The van der Waals surface area contributed by atoms with Crippen LogP contribution in [0.1, 0.15) is 0 Å². The normalized spacial score (nSPS) is 11.9. The molecule has 0 bridgehead atoms. The summed E-state index contributed by atoms with van der Waals surface area (Å²) < 4.78 is 61.0. The molecule has 1 aromatic carbocycles. The van der Waals surface area contributed by atoms with Gasteiger partial charge >= 0.3 is 5.51 Å². The highest BCUT2D eigenvalue weighted by atomic mass is 35.5.